The third-order valence-electron chi connectivity index (χ3n) is 5.57. The number of benzene rings is 1. The number of hydrogen-bond acceptors (Lipinski definition) is 3. The number of nitrogens with zero attached hydrogens (tertiary/aromatic N) is 1. The number of fused-ring (bicyclic) bond motifs is 3. The topological polar surface area (TPSA) is 21.7 Å². The second-order valence-corrected chi connectivity index (χ2v) is 8.05. The Balaban J connectivity index is 0. The van der Waals surface area contributed by atoms with Gasteiger partial charge in [-0.25, -0.2) is 4.39 Å². The summed E-state index contributed by atoms with van der Waals surface area (Å²) in [6.45, 7) is 12.7. The van der Waals surface area contributed by atoms with E-state index in [-0.39, 0.29) is 72.5 Å². The van der Waals surface area contributed by atoms with Gasteiger partial charge in [-0.3, -0.25) is 4.90 Å². The lowest BCUT2D eigenvalue weighted by Gasteiger charge is -2.47. The number of ether oxygens (including phenoxy) is 2. The fraction of sp³-hybridized carbons (Fsp3) is 0.636. The Bertz CT molecular complexity index is 648. The van der Waals surface area contributed by atoms with Crippen LogP contribution < -0.4 is 4.74 Å². The van der Waals surface area contributed by atoms with E-state index in [2.05, 4.69) is 43.5 Å². The summed E-state index contributed by atoms with van der Waals surface area (Å²) in [4.78, 5) is 2.60. The summed E-state index contributed by atoms with van der Waals surface area (Å²) < 4.78 is 24.8. The van der Waals surface area contributed by atoms with Crippen LogP contribution in [0.5, 0.6) is 5.75 Å². The highest BCUT2D eigenvalue weighted by Crippen LogP contribution is 2.42. The van der Waals surface area contributed by atoms with Crippen molar-refractivity contribution in [3.63, 3.8) is 0 Å². The highest BCUT2D eigenvalue weighted by molar-refractivity contribution is 7.59. The van der Waals surface area contributed by atoms with E-state index in [4.69, 9.17) is 9.47 Å². The van der Waals surface area contributed by atoms with Gasteiger partial charge in [0.1, 0.15) is 11.6 Å². The second kappa shape index (κ2) is 15.0. The molecule has 1 saturated heterocycles. The highest BCUT2D eigenvalue weighted by Gasteiger charge is 2.39. The van der Waals surface area contributed by atoms with Crippen molar-refractivity contribution >= 4 is 54.0 Å². The van der Waals surface area contributed by atoms with E-state index >= 15 is 0 Å². The predicted octanol–water partition coefficient (Wildman–Crippen LogP) is 5.37. The molecule has 0 spiro atoms. The van der Waals surface area contributed by atoms with Gasteiger partial charge in [-0.1, -0.05) is 26.5 Å². The average molecular weight is 498 g/mol. The van der Waals surface area contributed by atoms with Crippen molar-refractivity contribution in [2.75, 3.05) is 26.3 Å². The molecule has 0 bridgehead atoms. The zero-order valence-electron chi connectivity index (χ0n) is 18.3. The van der Waals surface area contributed by atoms with Crippen LogP contribution in [0.1, 0.15) is 50.8 Å². The smallest absolute Gasteiger partial charge is 0.119 e. The molecule has 0 saturated carbocycles. The molecular formula is C22H40FNO2S4. The molecule has 3 nitrogen and oxygen atoms in total. The molecule has 0 radical (unpaired) electrons. The lowest BCUT2D eigenvalue weighted by Crippen LogP contribution is -2.49. The molecule has 1 aromatic rings. The summed E-state index contributed by atoms with van der Waals surface area (Å²) in [6.07, 6.45) is 3.19. The molecule has 2 aliphatic rings. The zero-order valence-corrected chi connectivity index (χ0v) is 22.3. The lowest BCUT2D eigenvalue weighted by atomic mass is 9.79. The monoisotopic (exact) mass is 497 g/mol. The van der Waals surface area contributed by atoms with Gasteiger partial charge in [-0.15, -0.1) is 0 Å². The van der Waals surface area contributed by atoms with Crippen molar-refractivity contribution in [3.8, 4) is 5.75 Å². The van der Waals surface area contributed by atoms with Gasteiger partial charge >= 0.3 is 0 Å². The van der Waals surface area contributed by atoms with E-state index in [9.17, 15) is 4.39 Å². The average Bonchev–Trinajstić information content (AvgIpc) is 2.59. The second-order valence-electron chi connectivity index (χ2n) is 8.05. The van der Waals surface area contributed by atoms with Crippen molar-refractivity contribution in [1.29, 1.82) is 0 Å². The van der Waals surface area contributed by atoms with Crippen LogP contribution >= 0.6 is 54.0 Å². The standard InChI is InChI=1S/C22H32FNO2.4H2S/c1-5-25-19-6-7-20-17(11-19)8-9-24-13-18(10-15(2)3)22(12-21(20)24)26-14-16(4)23;;;;/h6-7,11,15,18,21-22H,4-5,8-10,12-14H2,1-3H3;4*1H2/t18-,21-,22-;;;;/m0..../s1/i23+0;;;;. The van der Waals surface area contributed by atoms with Crippen LogP contribution in [0.2, 0.25) is 0 Å². The minimum absolute atomic E-state index is 0. The van der Waals surface area contributed by atoms with Crippen LogP contribution in [0.3, 0.4) is 0 Å². The van der Waals surface area contributed by atoms with Gasteiger partial charge in [0.05, 0.1) is 19.3 Å². The molecule has 0 unspecified atom stereocenters. The number of hydrogen-bond donors (Lipinski definition) is 0. The van der Waals surface area contributed by atoms with Crippen molar-refractivity contribution in [2.45, 2.75) is 52.2 Å². The molecule has 3 rings (SSSR count). The third-order valence-corrected chi connectivity index (χ3v) is 5.57. The number of piperidine rings is 1. The van der Waals surface area contributed by atoms with E-state index in [0.29, 0.717) is 24.5 Å². The summed E-state index contributed by atoms with van der Waals surface area (Å²) in [5, 5.41) is 0. The van der Waals surface area contributed by atoms with Gasteiger partial charge in [-0.2, -0.15) is 54.0 Å². The fourth-order valence-electron chi connectivity index (χ4n) is 4.56. The summed E-state index contributed by atoms with van der Waals surface area (Å²) >= 11 is 0. The molecule has 176 valence electrons. The van der Waals surface area contributed by atoms with Crippen molar-refractivity contribution in [3.05, 3.63) is 41.7 Å². The van der Waals surface area contributed by atoms with Crippen LogP contribution in [0.25, 0.3) is 0 Å². The SMILES string of the molecule is C=C([19F])CO[C@H]1C[C@H]2c3ccc(OCC)cc3CCN2C[C@@H]1CC(C)C.S.S.S.S. The summed E-state index contributed by atoms with van der Waals surface area (Å²) in [7, 11) is 0. The van der Waals surface area contributed by atoms with Crippen molar-refractivity contribution < 1.29 is 13.9 Å². The Kier molecular flexibility index (Phi) is 16.0. The molecule has 0 aliphatic carbocycles. The third kappa shape index (κ3) is 8.17. The first-order valence-corrected chi connectivity index (χ1v) is 9.92. The molecule has 8 heteroatoms. The van der Waals surface area contributed by atoms with Crippen LogP contribution in [0, 0.1) is 11.8 Å². The maximum absolute atomic E-state index is 13.2. The summed E-state index contributed by atoms with van der Waals surface area (Å²) in [5.74, 6) is 1.63. The Morgan fingerprint density at radius 3 is 2.53 bits per heavy atom. The first-order valence-electron chi connectivity index (χ1n) is 9.92. The van der Waals surface area contributed by atoms with Gasteiger partial charge in [0.25, 0.3) is 0 Å². The number of rotatable bonds is 7. The van der Waals surface area contributed by atoms with E-state index in [1.165, 1.54) is 11.1 Å². The van der Waals surface area contributed by atoms with Crippen LogP contribution in [-0.2, 0) is 11.2 Å². The quantitative estimate of drug-likeness (QED) is 0.505. The molecule has 3 atom stereocenters. The molecule has 1 fully saturated rings. The maximum atomic E-state index is 13.2. The van der Waals surface area contributed by atoms with Crippen LogP contribution in [-0.4, -0.2) is 37.3 Å². The predicted molar refractivity (Wildman–Crippen MR) is 145 cm³/mol. The maximum Gasteiger partial charge on any atom is 0.119 e. The van der Waals surface area contributed by atoms with Crippen LogP contribution in [0.15, 0.2) is 30.6 Å². The molecule has 0 N–H and O–H groups in total. The van der Waals surface area contributed by atoms with Crippen molar-refractivity contribution in [1.82, 2.24) is 4.90 Å². The first-order chi connectivity index (χ1) is 12.5. The fourth-order valence-corrected chi connectivity index (χ4v) is 4.56. The normalized spacial score (nSPS) is 22.2. The molecule has 2 aliphatic heterocycles. The lowest BCUT2D eigenvalue weighted by molar-refractivity contribution is -0.0597. The molecule has 2 heterocycles. The first kappa shape index (κ1) is 32.2. The van der Waals surface area contributed by atoms with E-state index in [1.807, 2.05) is 6.92 Å². The Morgan fingerprint density at radius 2 is 1.93 bits per heavy atom. The Labute approximate surface area is 209 Å². The van der Waals surface area contributed by atoms with Gasteiger partial charge < -0.3 is 9.47 Å². The van der Waals surface area contributed by atoms with Crippen molar-refractivity contribution in [2.24, 2.45) is 11.8 Å². The molecule has 30 heavy (non-hydrogen) atoms. The van der Waals surface area contributed by atoms with E-state index in [0.717, 1.165) is 38.1 Å². The number of halogens is 1. The minimum Gasteiger partial charge on any atom is -0.494 e. The highest BCUT2D eigenvalue weighted by atomic mass is 32.1. The van der Waals surface area contributed by atoms with Gasteiger partial charge in [0, 0.05) is 19.1 Å². The van der Waals surface area contributed by atoms with E-state index in [1.54, 1.807) is 0 Å². The van der Waals surface area contributed by atoms with Gasteiger partial charge in [0.2, 0.25) is 0 Å². The summed E-state index contributed by atoms with van der Waals surface area (Å²) in [6, 6.07) is 6.84. The Hall–Kier alpha value is 0.01000. The van der Waals surface area contributed by atoms with Gasteiger partial charge in [0.15, 0.2) is 0 Å². The summed E-state index contributed by atoms with van der Waals surface area (Å²) in [5.41, 5.74) is 2.77. The zero-order chi connectivity index (χ0) is 18.7. The molecular weight excluding hydrogens is 458 g/mol. The molecule has 1 aromatic carbocycles. The van der Waals surface area contributed by atoms with Gasteiger partial charge in [-0.05, 0) is 61.3 Å². The molecule has 0 amide bonds. The van der Waals surface area contributed by atoms with Crippen LogP contribution in [0.4, 0.5) is 4.39 Å². The Morgan fingerprint density at radius 1 is 1.23 bits per heavy atom. The molecule has 0 aromatic heterocycles. The van der Waals surface area contributed by atoms with E-state index < -0.39 is 0 Å². The largest absolute Gasteiger partial charge is 0.494 e. The minimum atomic E-state index is -0.388.